The summed E-state index contributed by atoms with van der Waals surface area (Å²) in [4.78, 5) is 8.66. The lowest BCUT2D eigenvalue weighted by molar-refractivity contribution is 0.196. The number of rotatable bonds is 7. The number of aryl methyl sites for hydroxylation is 2. The van der Waals surface area contributed by atoms with E-state index in [0.717, 1.165) is 36.7 Å². The van der Waals surface area contributed by atoms with Crippen LogP contribution >= 0.6 is 11.6 Å². The molecule has 96 valence electrons. The smallest absolute Gasteiger partial charge is 0.129 e. The Bertz CT molecular complexity index is 347. The van der Waals surface area contributed by atoms with E-state index in [1.165, 1.54) is 0 Å². The third kappa shape index (κ3) is 5.33. The van der Waals surface area contributed by atoms with Gasteiger partial charge in [0.15, 0.2) is 0 Å². The van der Waals surface area contributed by atoms with Crippen molar-refractivity contribution in [3.63, 3.8) is 0 Å². The first-order chi connectivity index (χ1) is 8.15. The zero-order valence-electron chi connectivity index (χ0n) is 10.7. The molecule has 1 N–H and O–H groups in total. The van der Waals surface area contributed by atoms with Crippen LogP contribution in [0.1, 0.15) is 24.9 Å². The number of methoxy groups -OCH3 is 1. The quantitative estimate of drug-likeness (QED) is 0.762. The topological polar surface area (TPSA) is 47.0 Å². The maximum absolute atomic E-state index is 6.04. The maximum Gasteiger partial charge on any atom is 0.129 e. The van der Waals surface area contributed by atoms with E-state index in [9.17, 15) is 0 Å². The van der Waals surface area contributed by atoms with Gasteiger partial charge in [0.1, 0.15) is 11.6 Å². The molecule has 0 radical (unpaired) electrons. The molecule has 17 heavy (non-hydrogen) atoms. The Labute approximate surface area is 108 Å². The molecule has 0 fully saturated rings. The summed E-state index contributed by atoms with van der Waals surface area (Å²) in [6, 6.07) is 1.98. The zero-order valence-corrected chi connectivity index (χ0v) is 11.4. The zero-order chi connectivity index (χ0) is 12.7. The average Bonchev–Trinajstić information content (AvgIpc) is 2.28. The Hall–Kier alpha value is -0.870. The molecule has 0 bridgehead atoms. The highest BCUT2D eigenvalue weighted by atomic mass is 35.5. The SMILES string of the molecule is CCc1cc(NCCC(Cl)COC)nc(C)n1. The summed E-state index contributed by atoms with van der Waals surface area (Å²) in [5.41, 5.74) is 1.05. The fourth-order valence-electron chi connectivity index (χ4n) is 1.52. The van der Waals surface area contributed by atoms with Gasteiger partial charge in [0.05, 0.1) is 12.0 Å². The first kappa shape index (κ1) is 14.2. The predicted octanol–water partition coefficient (Wildman–Crippen LogP) is 2.40. The molecule has 1 unspecified atom stereocenters. The van der Waals surface area contributed by atoms with Crippen molar-refractivity contribution in [2.45, 2.75) is 32.1 Å². The molecule has 0 aliphatic carbocycles. The summed E-state index contributed by atoms with van der Waals surface area (Å²) in [5, 5.41) is 3.30. The van der Waals surface area contributed by atoms with E-state index in [1.807, 2.05) is 13.0 Å². The molecule has 0 aromatic carbocycles. The van der Waals surface area contributed by atoms with Crippen LogP contribution in [-0.2, 0) is 11.2 Å². The summed E-state index contributed by atoms with van der Waals surface area (Å²) < 4.78 is 4.98. The molecule has 0 spiro atoms. The van der Waals surface area contributed by atoms with Gasteiger partial charge in [0, 0.05) is 25.4 Å². The number of aromatic nitrogens is 2. The van der Waals surface area contributed by atoms with Crippen molar-refractivity contribution >= 4 is 17.4 Å². The molecule has 1 aromatic rings. The van der Waals surface area contributed by atoms with Crippen molar-refractivity contribution in [3.8, 4) is 0 Å². The fraction of sp³-hybridized carbons (Fsp3) is 0.667. The molecule has 1 rings (SSSR count). The first-order valence-electron chi connectivity index (χ1n) is 5.87. The average molecular weight is 258 g/mol. The van der Waals surface area contributed by atoms with Crippen LogP contribution in [0.2, 0.25) is 0 Å². The van der Waals surface area contributed by atoms with E-state index >= 15 is 0 Å². The van der Waals surface area contributed by atoms with Gasteiger partial charge >= 0.3 is 0 Å². The van der Waals surface area contributed by atoms with E-state index in [0.29, 0.717) is 6.61 Å². The molecule has 0 saturated heterocycles. The second-order valence-corrected chi connectivity index (χ2v) is 4.53. The predicted molar refractivity (Wildman–Crippen MR) is 70.8 cm³/mol. The van der Waals surface area contributed by atoms with Gasteiger partial charge in [-0.25, -0.2) is 9.97 Å². The second-order valence-electron chi connectivity index (χ2n) is 3.91. The van der Waals surface area contributed by atoms with Crippen LogP contribution < -0.4 is 5.32 Å². The van der Waals surface area contributed by atoms with Crippen molar-refractivity contribution < 1.29 is 4.74 Å². The van der Waals surface area contributed by atoms with Crippen LogP contribution in [0.15, 0.2) is 6.07 Å². The van der Waals surface area contributed by atoms with E-state index in [-0.39, 0.29) is 5.38 Å². The highest BCUT2D eigenvalue weighted by molar-refractivity contribution is 6.20. The first-order valence-corrected chi connectivity index (χ1v) is 6.30. The summed E-state index contributed by atoms with van der Waals surface area (Å²) in [6.45, 7) is 5.35. The minimum Gasteiger partial charge on any atom is -0.383 e. The third-order valence-corrected chi connectivity index (χ3v) is 2.71. The van der Waals surface area contributed by atoms with Crippen LogP contribution in [-0.4, -0.2) is 35.6 Å². The Kier molecular flexibility index (Phi) is 6.22. The third-order valence-electron chi connectivity index (χ3n) is 2.36. The summed E-state index contributed by atoms with van der Waals surface area (Å²) in [7, 11) is 1.66. The molecule has 1 aromatic heterocycles. The number of alkyl halides is 1. The Morgan fingerprint density at radius 3 is 2.88 bits per heavy atom. The van der Waals surface area contributed by atoms with E-state index in [1.54, 1.807) is 7.11 Å². The molecular weight excluding hydrogens is 238 g/mol. The summed E-state index contributed by atoms with van der Waals surface area (Å²) in [5.74, 6) is 1.67. The van der Waals surface area contributed by atoms with Crippen molar-refractivity contribution in [3.05, 3.63) is 17.6 Å². The highest BCUT2D eigenvalue weighted by Crippen LogP contribution is 2.08. The summed E-state index contributed by atoms with van der Waals surface area (Å²) in [6.07, 6.45) is 1.76. The molecule has 1 atom stereocenters. The Balaban J connectivity index is 2.43. The van der Waals surface area contributed by atoms with Crippen molar-refractivity contribution in [1.29, 1.82) is 0 Å². The lowest BCUT2D eigenvalue weighted by Crippen LogP contribution is -2.14. The highest BCUT2D eigenvalue weighted by Gasteiger charge is 2.04. The van der Waals surface area contributed by atoms with Gasteiger partial charge in [-0.2, -0.15) is 0 Å². The van der Waals surface area contributed by atoms with Crippen LogP contribution in [0.4, 0.5) is 5.82 Å². The van der Waals surface area contributed by atoms with Crippen molar-refractivity contribution in [2.24, 2.45) is 0 Å². The number of anilines is 1. The number of hydrogen-bond acceptors (Lipinski definition) is 4. The second kappa shape index (κ2) is 7.45. The van der Waals surface area contributed by atoms with Crippen molar-refractivity contribution in [1.82, 2.24) is 9.97 Å². The Morgan fingerprint density at radius 1 is 1.47 bits per heavy atom. The van der Waals surface area contributed by atoms with Gasteiger partial charge in [0.2, 0.25) is 0 Å². The van der Waals surface area contributed by atoms with Gasteiger partial charge in [-0.3, -0.25) is 0 Å². The van der Waals surface area contributed by atoms with Crippen LogP contribution in [0, 0.1) is 6.92 Å². The largest absolute Gasteiger partial charge is 0.383 e. The monoisotopic (exact) mass is 257 g/mol. The van der Waals surface area contributed by atoms with E-state index < -0.39 is 0 Å². The van der Waals surface area contributed by atoms with Crippen LogP contribution in [0.25, 0.3) is 0 Å². The molecule has 0 aliphatic rings. The molecule has 0 amide bonds. The lowest BCUT2D eigenvalue weighted by Gasteiger charge is -2.10. The van der Waals surface area contributed by atoms with Crippen LogP contribution in [0.5, 0.6) is 0 Å². The standard InChI is InChI=1S/C12H20ClN3O/c1-4-11-7-12(16-9(2)15-11)14-6-5-10(13)8-17-3/h7,10H,4-6,8H2,1-3H3,(H,14,15,16). The van der Waals surface area contributed by atoms with Gasteiger partial charge < -0.3 is 10.1 Å². The van der Waals surface area contributed by atoms with E-state index in [4.69, 9.17) is 16.3 Å². The number of ether oxygens (including phenoxy) is 1. The van der Waals surface area contributed by atoms with Gasteiger partial charge in [-0.15, -0.1) is 11.6 Å². The van der Waals surface area contributed by atoms with E-state index in [2.05, 4.69) is 22.2 Å². The minimum atomic E-state index is 0.0427. The number of hydrogen-bond donors (Lipinski definition) is 1. The molecule has 5 heteroatoms. The number of halogens is 1. The molecule has 0 saturated carbocycles. The molecule has 4 nitrogen and oxygen atoms in total. The van der Waals surface area contributed by atoms with Crippen LogP contribution in [0.3, 0.4) is 0 Å². The normalized spacial score (nSPS) is 12.5. The van der Waals surface area contributed by atoms with Crippen molar-refractivity contribution in [2.75, 3.05) is 25.6 Å². The fourth-order valence-corrected chi connectivity index (χ4v) is 1.76. The number of nitrogens with zero attached hydrogens (tertiary/aromatic N) is 2. The minimum absolute atomic E-state index is 0.0427. The molecule has 1 heterocycles. The summed E-state index contributed by atoms with van der Waals surface area (Å²) >= 11 is 6.04. The van der Waals surface area contributed by atoms with Gasteiger partial charge in [0.25, 0.3) is 0 Å². The molecule has 0 aliphatic heterocycles. The molecular formula is C12H20ClN3O. The Morgan fingerprint density at radius 2 is 2.24 bits per heavy atom. The van der Waals surface area contributed by atoms with Gasteiger partial charge in [-0.05, 0) is 19.8 Å². The van der Waals surface area contributed by atoms with Gasteiger partial charge in [-0.1, -0.05) is 6.92 Å². The lowest BCUT2D eigenvalue weighted by atomic mass is 10.3. The number of nitrogens with one attached hydrogen (secondary N) is 1. The maximum atomic E-state index is 6.04.